The molecule has 0 radical (unpaired) electrons. The number of rotatable bonds is 3. The number of halogens is 2. The molecule has 0 bridgehead atoms. The molecule has 0 unspecified atom stereocenters. The molecule has 5 heteroatoms. The lowest BCUT2D eigenvalue weighted by Crippen LogP contribution is -2.07. The van der Waals surface area contributed by atoms with E-state index in [1.165, 1.54) is 24.3 Å². The average molecular weight is 331 g/mol. The zero-order chi connectivity index (χ0) is 16.4. The van der Waals surface area contributed by atoms with E-state index in [0.29, 0.717) is 5.39 Å². The summed E-state index contributed by atoms with van der Waals surface area (Å²) in [5, 5.41) is 11.8. The molecular formula is C18H12ClFO3. The summed E-state index contributed by atoms with van der Waals surface area (Å²) in [7, 11) is 0. The average Bonchev–Trinajstić information content (AvgIpc) is 2.55. The number of benzene rings is 3. The molecule has 0 aromatic heterocycles. The lowest BCUT2D eigenvalue weighted by molar-refractivity contribution is 0.0466. The van der Waals surface area contributed by atoms with Crippen molar-refractivity contribution in [3.8, 4) is 5.75 Å². The van der Waals surface area contributed by atoms with Crippen molar-refractivity contribution in [1.29, 1.82) is 0 Å². The minimum absolute atomic E-state index is 0.0242. The van der Waals surface area contributed by atoms with E-state index in [4.69, 9.17) is 16.3 Å². The molecule has 3 aromatic rings. The SMILES string of the molecule is O=C(OCc1c(F)cccc1Cl)c1ccc2ccccc2c1O. The Bertz CT molecular complexity index is 872. The fourth-order valence-electron chi connectivity index (χ4n) is 2.31. The molecule has 0 saturated heterocycles. The normalized spacial score (nSPS) is 10.7. The van der Waals surface area contributed by atoms with E-state index in [9.17, 15) is 14.3 Å². The smallest absolute Gasteiger partial charge is 0.342 e. The van der Waals surface area contributed by atoms with Crippen molar-refractivity contribution in [2.24, 2.45) is 0 Å². The summed E-state index contributed by atoms with van der Waals surface area (Å²) in [5.41, 5.74) is 0.124. The Balaban J connectivity index is 1.85. The van der Waals surface area contributed by atoms with Gasteiger partial charge in [0.1, 0.15) is 23.7 Å². The number of hydrogen-bond acceptors (Lipinski definition) is 3. The number of esters is 1. The van der Waals surface area contributed by atoms with Crippen LogP contribution in [0.25, 0.3) is 10.8 Å². The van der Waals surface area contributed by atoms with Crippen LogP contribution in [0.4, 0.5) is 4.39 Å². The first-order chi connectivity index (χ1) is 11.1. The molecule has 0 spiro atoms. The Labute approximate surface area is 136 Å². The first-order valence-corrected chi connectivity index (χ1v) is 7.26. The van der Waals surface area contributed by atoms with Crippen LogP contribution < -0.4 is 0 Å². The summed E-state index contributed by atoms with van der Waals surface area (Å²) in [6.07, 6.45) is 0. The van der Waals surface area contributed by atoms with Crippen LogP contribution in [0.3, 0.4) is 0 Å². The summed E-state index contributed by atoms with van der Waals surface area (Å²) < 4.78 is 18.7. The van der Waals surface area contributed by atoms with Gasteiger partial charge in [-0.05, 0) is 23.6 Å². The lowest BCUT2D eigenvalue weighted by Gasteiger charge is -2.10. The molecule has 116 valence electrons. The summed E-state index contributed by atoms with van der Waals surface area (Å²) in [4.78, 5) is 12.2. The van der Waals surface area contributed by atoms with Gasteiger partial charge in [-0.25, -0.2) is 9.18 Å². The quantitative estimate of drug-likeness (QED) is 0.708. The van der Waals surface area contributed by atoms with Crippen molar-refractivity contribution in [3.05, 3.63) is 76.6 Å². The third-order valence-corrected chi connectivity index (χ3v) is 3.88. The van der Waals surface area contributed by atoms with E-state index in [1.54, 1.807) is 18.2 Å². The predicted molar refractivity (Wildman–Crippen MR) is 86.1 cm³/mol. The molecule has 0 saturated carbocycles. The Morgan fingerprint density at radius 1 is 1.09 bits per heavy atom. The number of phenols is 1. The van der Waals surface area contributed by atoms with Gasteiger partial charge in [0, 0.05) is 10.9 Å². The number of ether oxygens (including phenoxy) is 1. The maximum Gasteiger partial charge on any atom is 0.342 e. The van der Waals surface area contributed by atoms with E-state index in [2.05, 4.69) is 0 Å². The van der Waals surface area contributed by atoms with Gasteiger partial charge in [-0.2, -0.15) is 0 Å². The molecule has 3 aromatic carbocycles. The lowest BCUT2D eigenvalue weighted by atomic mass is 10.1. The molecule has 0 aliphatic rings. The van der Waals surface area contributed by atoms with Gasteiger partial charge in [0.25, 0.3) is 0 Å². The topological polar surface area (TPSA) is 46.5 Å². The van der Waals surface area contributed by atoms with Crippen LogP contribution in [-0.2, 0) is 11.3 Å². The highest BCUT2D eigenvalue weighted by Gasteiger charge is 2.16. The molecule has 1 N–H and O–H groups in total. The van der Waals surface area contributed by atoms with Gasteiger partial charge in [-0.1, -0.05) is 48.0 Å². The van der Waals surface area contributed by atoms with Crippen molar-refractivity contribution >= 4 is 28.3 Å². The first-order valence-electron chi connectivity index (χ1n) is 6.88. The van der Waals surface area contributed by atoms with Gasteiger partial charge in [0.05, 0.1) is 5.02 Å². The molecule has 0 aliphatic heterocycles. The standard InChI is InChI=1S/C18H12ClFO3/c19-15-6-3-7-16(20)14(15)10-23-18(22)13-9-8-11-4-1-2-5-12(11)17(13)21/h1-9,21H,10H2. The van der Waals surface area contributed by atoms with Crippen molar-refractivity contribution in [1.82, 2.24) is 0 Å². The Kier molecular flexibility index (Phi) is 4.17. The summed E-state index contributed by atoms with van der Waals surface area (Å²) >= 11 is 5.89. The minimum atomic E-state index is -0.743. The van der Waals surface area contributed by atoms with Crippen LogP contribution in [0.1, 0.15) is 15.9 Å². The van der Waals surface area contributed by atoms with Crippen molar-refractivity contribution in [2.45, 2.75) is 6.61 Å². The van der Waals surface area contributed by atoms with Crippen LogP contribution in [0.2, 0.25) is 5.02 Å². The van der Waals surface area contributed by atoms with E-state index < -0.39 is 11.8 Å². The molecule has 0 heterocycles. The van der Waals surface area contributed by atoms with E-state index in [1.807, 2.05) is 12.1 Å². The fourth-order valence-corrected chi connectivity index (χ4v) is 2.52. The van der Waals surface area contributed by atoms with Crippen LogP contribution in [0.5, 0.6) is 5.75 Å². The maximum atomic E-state index is 13.7. The maximum absolute atomic E-state index is 13.7. The number of carbonyl (C=O) groups is 1. The first kappa shape index (κ1) is 15.3. The van der Waals surface area contributed by atoms with E-state index >= 15 is 0 Å². The largest absolute Gasteiger partial charge is 0.506 e. The molecule has 3 nitrogen and oxygen atoms in total. The van der Waals surface area contributed by atoms with Crippen LogP contribution in [0.15, 0.2) is 54.6 Å². The second-order valence-electron chi connectivity index (χ2n) is 4.96. The zero-order valence-corrected chi connectivity index (χ0v) is 12.7. The number of hydrogen-bond donors (Lipinski definition) is 1. The highest BCUT2D eigenvalue weighted by atomic mass is 35.5. The van der Waals surface area contributed by atoms with Gasteiger partial charge >= 0.3 is 5.97 Å². The number of aromatic hydroxyl groups is 1. The van der Waals surface area contributed by atoms with Gasteiger partial charge < -0.3 is 9.84 Å². The molecular weight excluding hydrogens is 319 g/mol. The molecule has 0 amide bonds. The Morgan fingerprint density at radius 3 is 2.65 bits per heavy atom. The second-order valence-corrected chi connectivity index (χ2v) is 5.37. The van der Waals surface area contributed by atoms with Gasteiger partial charge in [-0.3, -0.25) is 0 Å². The van der Waals surface area contributed by atoms with E-state index in [0.717, 1.165) is 5.39 Å². The van der Waals surface area contributed by atoms with Crippen molar-refractivity contribution in [2.75, 3.05) is 0 Å². The Morgan fingerprint density at radius 2 is 1.87 bits per heavy atom. The zero-order valence-electron chi connectivity index (χ0n) is 11.9. The molecule has 0 fully saturated rings. The summed E-state index contributed by atoms with van der Waals surface area (Å²) in [6.45, 7) is -0.309. The van der Waals surface area contributed by atoms with Gasteiger partial charge in [0.15, 0.2) is 0 Å². The van der Waals surface area contributed by atoms with Gasteiger partial charge in [0.2, 0.25) is 0 Å². The highest BCUT2D eigenvalue weighted by molar-refractivity contribution is 6.31. The van der Waals surface area contributed by atoms with Crippen LogP contribution >= 0.6 is 11.6 Å². The fraction of sp³-hybridized carbons (Fsp3) is 0.0556. The molecule has 0 atom stereocenters. The number of carbonyl (C=O) groups excluding carboxylic acids is 1. The van der Waals surface area contributed by atoms with Crippen LogP contribution in [-0.4, -0.2) is 11.1 Å². The van der Waals surface area contributed by atoms with E-state index in [-0.39, 0.29) is 28.5 Å². The molecule has 23 heavy (non-hydrogen) atoms. The third-order valence-electron chi connectivity index (χ3n) is 3.53. The number of fused-ring (bicyclic) bond motifs is 1. The van der Waals surface area contributed by atoms with Crippen molar-refractivity contribution < 1.29 is 19.0 Å². The van der Waals surface area contributed by atoms with Gasteiger partial charge in [-0.15, -0.1) is 0 Å². The highest BCUT2D eigenvalue weighted by Crippen LogP contribution is 2.29. The Hall–Kier alpha value is -2.59. The second kappa shape index (κ2) is 6.26. The predicted octanol–water partition coefficient (Wildman–Crippen LogP) is 4.69. The van der Waals surface area contributed by atoms with Crippen molar-refractivity contribution in [3.63, 3.8) is 0 Å². The summed E-state index contributed by atoms with van der Waals surface area (Å²) in [5.74, 6) is -1.45. The molecule has 0 aliphatic carbocycles. The minimum Gasteiger partial charge on any atom is -0.506 e. The molecule has 3 rings (SSSR count). The van der Waals surface area contributed by atoms with Crippen LogP contribution in [0, 0.1) is 5.82 Å². The summed E-state index contributed by atoms with van der Waals surface area (Å²) in [6, 6.07) is 14.5. The number of phenolic OH excluding ortho intramolecular Hbond substituents is 1. The third kappa shape index (κ3) is 2.98. The monoisotopic (exact) mass is 330 g/mol.